The molecule has 0 aromatic heterocycles. The summed E-state index contributed by atoms with van der Waals surface area (Å²) in [5, 5.41) is 11.2. The molecule has 1 aromatic carbocycles. The lowest BCUT2D eigenvalue weighted by molar-refractivity contribution is -0.143. The van der Waals surface area contributed by atoms with Crippen molar-refractivity contribution in [3.8, 4) is 0 Å². The molecule has 0 radical (unpaired) electrons. The van der Waals surface area contributed by atoms with Crippen LogP contribution in [0.25, 0.3) is 0 Å². The summed E-state index contributed by atoms with van der Waals surface area (Å²) in [6, 6.07) is 6.63. The third kappa shape index (κ3) is 6.07. The fourth-order valence-corrected chi connectivity index (χ4v) is 1.87. The van der Waals surface area contributed by atoms with Crippen molar-refractivity contribution in [2.45, 2.75) is 38.6 Å². The van der Waals surface area contributed by atoms with Crippen LogP contribution < -0.4 is 11.1 Å². The van der Waals surface area contributed by atoms with E-state index in [0.717, 1.165) is 12.0 Å². The zero-order chi connectivity index (χ0) is 15.8. The number of aliphatic carboxylic acids is 1. The molecule has 0 bridgehead atoms. The fraction of sp³-hybridized carbons (Fsp3) is 0.400. The van der Waals surface area contributed by atoms with E-state index in [4.69, 9.17) is 10.8 Å². The number of nitrogens with one attached hydrogen (secondary N) is 1. The van der Waals surface area contributed by atoms with Gasteiger partial charge in [-0.2, -0.15) is 0 Å². The Labute approximate surface area is 123 Å². The predicted molar refractivity (Wildman–Crippen MR) is 77.5 cm³/mol. The minimum Gasteiger partial charge on any atom is -0.480 e. The van der Waals surface area contributed by atoms with Gasteiger partial charge in [0.1, 0.15) is 6.04 Å². The Morgan fingerprint density at radius 1 is 1.19 bits per heavy atom. The second-order valence-corrected chi connectivity index (χ2v) is 4.80. The molecule has 0 aliphatic carbocycles. The molecule has 0 spiro atoms. The van der Waals surface area contributed by atoms with Crippen LogP contribution in [0, 0.1) is 0 Å². The highest BCUT2D eigenvalue weighted by Gasteiger charge is 2.21. The Kier molecular flexibility index (Phi) is 6.39. The van der Waals surface area contributed by atoms with Gasteiger partial charge in [0, 0.05) is 6.42 Å². The summed E-state index contributed by atoms with van der Waals surface area (Å²) in [5.41, 5.74) is 7.17. The number of carboxylic acids is 1. The van der Waals surface area contributed by atoms with Gasteiger partial charge in [-0.05, 0) is 24.0 Å². The molecule has 0 unspecified atom stereocenters. The standard InChI is InChI=1S/C15H20N2O4/c1-2-10-3-5-11(6-4-10)7-8-14(19)17-12(15(20)21)9-13(16)18/h3-6,12H,2,7-9H2,1H3,(H2,16,18)(H,17,19)(H,20,21)/t12-/m0/s1. The number of hydrogen-bond donors (Lipinski definition) is 3. The van der Waals surface area contributed by atoms with Crippen LogP contribution in [0.3, 0.4) is 0 Å². The van der Waals surface area contributed by atoms with Gasteiger partial charge in [0.05, 0.1) is 6.42 Å². The van der Waals surface area contributed by atoms with E-state index in [9.17, 15) is 14.4 Å². The maximum Gasteiger partial charge on any atom is 0.326 e. The third-order valence-electron chi connectivity index (χ3n) is 3.11. The Hall–Kier alpha value is -2.37. The number of carbonyl (C=O) groups excluding carboxylic acids is 2. The van der Waals surface area contributed by atoms with Crippen LogP contribution in [0.2, 0.25) is 0 Å². The van der Waals surface area contributed by atoms with E-state index in [0.29, 0.717) is 6.42 Å². The van der Waals surface area contributed by atoms with Crippen molar-refractivity contribution in [1.82, 2.24) is 5.32 Å². The first-order chi connectivity index (χ1) is 9.92. The lowest BCUT2D eigenvalue weighted by atomic mass is 10.1. The number of carbonyl (C=O) groups is 3. The molecule has 2 amide bonds. The number of primary amides is 1. The highest BCUT2D eigenvalue weighted by Crippen LogP contribution is 2.07. The van der Waals surface area contributed by atoms with Crippen LogP contribution in [0.15, 0.2) is 24.3 Å². The maximum absolute atomic E-state index is 11.7. The van der Waals surface area contributed by atoms with Gasteiger partial charge in [-0.25, -0.2) is 4.79 Å². The molecule has 0 heterocycles. The van der Waals surface area contributed by atoms with E-state index in [-0.39, 0.29) is 6.42 Å². The molecule has 0 saturated heterocycles. The highest BCUT2D eigenvalue weighted by atomic mass is 16.4. The Bertz CT molecular complexity index is 511. The van der Waals surface area contributed by atoms with Crippen LogP contribution in [-0.2, 0) is 27.2 Å². The molecule has 114 valence electrons. The molecular formula is C15H20N2O4. The summed E-state index contributed by atoms with van der Waals surface area (Å²) in [6.07, 6.45) is 1.22. The van der Waals surface area contributed by atoms with Gasteiger partial charge in [-0.15, -0.1) is 0 Å². The van der Waals surface area contributed by atoms with Crippen LogP contribution in [0.4, 0.5) is 0 Å². The third-order valence-corrected chi connectivity index (χ3v) is 3.11. The average Bonchev–Trinajstić information content (AvgIpc) is 2.44. The van der Waals surface area contributed by atoms with Crippen molar-refractivity contribution in [1.29, 1.82) is 0 Å². The van der Waals surface area contributed by atoms with E-state index in [2.05, 4.69) is 12.2 Å². The molecule has 0 aliphatic rings. The molecule has 6 heteroatoms. The van der Waals surface area contributed by atoms with Crippen LogP contribution >= 0.6 is 0 Å². The SMILES string of the molecule is CCc1ccc(CCC(=O)N[C@@H](CC(N)=O)C(=O)O)cc1. The highest BCUT2D eigenvalue weighted by molar-refractivity contribution is 5.88. The molecule has 1 atom stereocenters. The summed E-state index contributed by atoms with van der Waals surface area (Å²) in [7, 11) is 0. The van der Waals surface area contributed by atoms with Gasteiger partial charge in [0.2, 0.25) is 11.8 Å². The Morgan fingerprint density at radius 3 is 2.24 bits per heavy atom. The Balaban J connectivity index is 2.48. The minimum atomic E-state index is -1.27. The van der Waals surface area contributed by atoms with Gasteiger partial charge in [-0.1, -0.05) is 31.2 Å². The van der Waals surface area contributed by atoms with Gasteiger partial charge < -0.3 is 16.2 Å². The van der Waals surface area contributed by atoms with E-state index in [1.54, 1.807) is 0 Å². The second kappa shape index (κ2) is 8.04. The van der Waals surface area contributed by atoms with Crippen molar-refractivity contribution < 1.29 is 19.5 Å². The number of nitrogens with two attached hydrogens (primary N) is 1. The van der Waals surface area contributed by atoms with E-state index < -0.39 is 30.2 Å². The average molecular weight is 292 g/mol. The van der Waals surface area contributed by atoms with Gasteiger partial charge in [0.25, 0.3) is 0 Å². The largest absolute Gasteiger partial charge is 0.480 e. The number of amides is 2. The van der Waals surface area contributed by atoms with Gasteiger partial charge >= 0.3 is 5.97 Å². The van der Waals surface area contributed by atoms with Crippen LogP contribution in [0.1, 0.15) is 30.9 Å². The Morgan fingerprint density at radius 2 is 1.76 bits per heavy atom. The van der Waals surface area contributed by atoms with Crippen LogP contribution in [0.5, 0.6) is 0 Å². The van der Waals surface area contributed by atoms with E-state index in [1.165, 1.54) is 5.56 Å². The fourth-order valence-electron chi connectivity index (χ4n) is 1.87. The summed E-state index contributed by atoms with van der Waals surface area (Å²) in [4.78, 5) is 33.3. The van der Waals surface area contributed by atoms with Crippen molar-refractivity contribution in [2.75, 3.05) is 0 Å². The summed E-state index contributed by atoms with van der Waals surface area (Å²) in [5.74, 6) is -2.45. The first kappa shape index (κ1) is 16.7. The predicted octanol–water partition coefficient (Wildman–Crippen LogP) is 0.626. The second-order valence-electron chi connectivity index (χ2n) is 4.80. The number of carboxylic acid groups (broad SMARTS) is 1. The number of benzene rings is 1. The molecule has 0 saturated carbocycles. The lowest BCUT2D eigenvalue weighted by Crippen LogP contribution is -2.43. The van der Waals surface area contributed by atoms with Crippen molar-refractivity contribution in [3.63, 3.8) is 0 Å². The van der Waals surface area contributed by atoms with E-state index in [1.807, 2.05) is 24.3 Å². The zero-order valence-corrected chi connectivity index (χ0v) is 12.0. The summed E-state index contributed by atoms with van der Waals surface area (Å²) < 4.78 is 0. The molecule has 6 nitrogen and oxygen atoms in total. The van der Waals surface area contributed by atoms with E-state index >= 15 is 0 Å². The zero-order valence-electron chi connectivity index (χ0n) is 12.0. The number of aryl methyl sites for hydroxylation is 2. The van der Waals surface area contributed by atoms with Gasteiger partial charge in [0.15, 0.2) is 0 Å². The summed E-state index contributed by atoms with van der Waals surface area (Å²) >= 11 is 0. The molecular weight excluding hydrogens is 272 g/mol. The minimum absolute atomic E-state index is 0.161. The molecule has 1 aromatic rings. The smallest absolute Gasteiger partial charge is 0.326 e. The molecule has 4 N–H and O–H groups in total. The van der Waals surface area contributed by atoms with Crippen LogP contribution in [-0.4, -0.2) is 28.9 Å². The molecule has 0 aliphatic heterocycles. The maximum atomic E-state index is 11.7. The molecule has 0 fully saturated rings. The first-order valence-corrected chi connectivity index (χ1v) is 6.80. The molecule has 1 rings (SSSR count). The van der Waals surface area contributed by atoms with Crippen molar-refractivity contribution in [3.05, 3.63) is 35.4 Å². The first-order valence-electron chi connectivity index (χ1n) is 6.80. The van der Waals surface area contributed by atoms with Crippen molar-refractivity contribution >= 4 is 17.8 Å². The normalized spacial score (nSPS) is 11.7. The number of rotatable bonds is 8. The lowest BCUT2D eigenvalue weighted by Gasteiger charge is -2.12. The quantitative estimate of drug-likeness (QED) is 0.652. The topological polar surface area (TPSA) is 109 Å². The summed E-state index contributed by atoms with van der Waals surface area (Å²) in [6.45, 7) is 2.06. The van der Waals surface area contributed by atoms with Gasteiger partial charge in [-0.3, -0.25) is 9.59 Å². The molecule has 21 heavy (non-hydrogen) atoms. The number of hydrogen-bond acceptors (Lipinski definition) is 3. The van der Waals surface area contributed by atoms with Crippen molar-refractivity contribution in [2.24, 2.45) is 5.73 Å². The monoisotopic (exact) mass is 292 g/mol.